The lowest BCUT2D eigenvalue weighted by atomic mass is 10.0. The molecule has 0 fully saturated rings. The summed E-state index contributed by atoms with van der Waals surface area (Å²) in [6.07, 6.45) is 3.37. The number of pyridine rings is 1. The van der Waals surface area contributed by atoms with Crippen molar-refractivity contribution in [1.82, 2.24) is 15.2 Å². The van der Waals surface area contributed by atoms with Crippen molar-refractivity contribution in [3.05, 3.63) is 78.1 Å². The Bertz CT molecular complexity index is 1110. The number of ether oxygens (including phenoxy) is 3. The van der Waals surface area contributed by atoms with Crippen LogP contribution in [-0.4, -0.2) is 59.7 Å². The summed E-state index contributed by atoms with van der Waals surface area (Å²) in [6, 6.07) is 11.4. The number of para-hydroxylation sites is 1. The number of anilines is 1. The standard InChI is InChI=1S/C27H34N4O4S/c1-19(35-27(2,3)4)31-17-22(29-15-20-11-12-28-16-24(20)34-14-13-33-5)25(23(32)18-31)26(36)30-21-9-7-6-8-10-21/h6-12,16,29H,1,13-15,17-18H2,2-5H3,(H,30,36). The molecule has 8 nitrogen and oxygen atoms in total. The van der Waals surface area contributed by atoms with Crippen molar-refractivity contribution in [2.75, 3.05) is 38.7 Å². The van der Waals surface area contributed by atoms with Crippen LogP contribution in [0, 0.1) is 0 Å². The molecule has 0 saturated carbocycles. The van der Waals surface area contributed by atoms with E-state index in [9.17, 15) is 4.79 Å². The van der Waals surface area contributed by atoms with Crippen LogP contribution < -0.4 is 15.4 Å². The van der Waals surface area contributed by atoms with Crippen LogP contribution in [-0.2, 0) is 20.8 Å². The van der Waals surface area contributed by atoms with Gasteiger partial charge < -0.3 is 29.7 Å². The Labute approximate surface area is 218 Å². The van der Waals surface area contributed by atoms with Gasteiger partial charge in [-0.2, -0.15) is 0 Å². The maximum absolute atomic E-state index is 13.4. The molecule has 0 unspecified atom stereocenters. The maximum atomic E-state index is 13.4. The highest BCUT2D eigenvalue weighted by Crippen LogP contribution is 2.24. The molecule has 9 heteroatoms. The number of Topliss-reactive ketones (excluding diaryl/α,β-unsaturated/α-hetero) is 1. The Hall–Kier alpha value is -3.43. The second-order valence-electron chi connectivity index (χ2n) is 9.24. The van der Waals surface area contributed by atoms with Crippen LogP contribution in [0.4, 0.5) is 5.69 Å². The minimum atomic E-state index is -0.437. The fourth-order valence-corrected chi connectivity index (χ4v) is 3.94. The van der Waals surface area contributed by atoms with Gasteiger partial charge in [-0.05, 0) is 45.5 Å². The van der Waals surface area contributed by atoms with E-state index in [4.69, 9.17) is 26.4 Å². The van der Waals surface area contributed by atoms with Crippen LogP contribution in [0.5, 0.6) is 5.75 Å². The second kappa shape index (κ2) is 12.5. The summed E-state index contributed by atoms with van der Waals surface area (Å²) in [4.78, 5) is 19.7. The molecule has 3 rings (SSSR count). The molecular formula is C27H34N4O4S. The number of ketones is 1. The Morgan fingerprint density at radius 1 is 1.17 bits per heavy atom. The quantitative estimate of drug-likeness (QED) is 0.264. The van der Waals surface area contributed by atoms with Crippen molar-refractivity contribution in [3.63, 3.8) is 0 Å². The molecule has 1 aliphatic rings. The molecule has 0 saturated heterocycles. The maximum Gasteiger partial charge on any atom is 0.186 e. The van der Waals surface area contributed by atoms with E-state index >= 15 is 0 Å². The first kappa shape index (κ1) is 27.2. The van der Waals surface area contributed by atoms with Gasteiger partial charge in [0, 0.05) is 36.8 Å². The molecule has 1 aliphatic heterocycles. The van der Waals surface area contributed by atoms with Gasteiger partial charge in [0.15, 0.2) is 11.7 Å². The zero-order chi connectivity index (χ0) is 26.1. The number of carbonyl (C=O) groups excluding carboxylic acids is 1. The third kappa shape index (κ3) is 7.79. The topological polar surface area (TPSA) is 85.0 Å². The fourth-order valence-electron chi connectivity index (χ4n) is 3.59. The number of benzene rings is 1. The zero-order valence-corrected chi connectivity index (χ0v) is 22.1. The van der Waals surface area contributed by atoms with E-state index in [1.165, 1.54) is 0 Å². The van der Waals surface area contributed by atoms with Crippen molar-refractivity contribution >= 4 is 28.7 Å². The number of hydrogen-bond donors (Lipinski definition) is 2. The van der Waals surface area contributed by atoms with Crippen LogP contribution in [0.3, 0.4) is 0 Å². The molecule has 0 aliphatic carbocycles. The van der Waals surface area contributed by atoms with Gasteiger partial charge in [-0.25, -0.2) is 0 Å². The van der Waals surface area contributed by atoms with Crippen LogP contribution in [0.1, 0.15) is 26.3 Å². The molecule has 2 N–H and O–H groups in total. The number of methoxy groups -OCH3 is 1. The highest BCUT2D eigenvalue weighted by Gasteiger charge is 2.31. The summed E-state index contributed by atoms with van der Waals surface area (Å²) in [6.45, 7) is 11.7. The summed E-state index contributed by atoms with van der Waals surface area (Å²) < 4.78 is 16.8. The lowest BCUT2D eigenvalue weighted by molar-refractivity contribution is -0.117. The first-order chi connectivity index (χ1) is 17.2. The molecule has 192 valence electrons. The fraction of sp³-hybridized carbons (Fsp3) is 0.370. The molecule has 0 radical (unpaired) electrons. The summed E-state index contributed by atoms with van der Waals surface area (Å²) in [5.41, 5.74) is 2.40. The van der Waals surface area contributed by atoms with E-state index in [1.54, 1.807) is 19.5 Å². The Balaban J connectivity index is 1.86. The van der Waals surface area contributed by atoms with Crippen LogP contribution in [0.2, 0.25) is 0 Å². The SMILES string of the molecule is C=C(OC(C)(C)C)N1CC(=O)C(C(=S)Nc2ccccc2)=C(NCc2ccncc2OCCOC)C1. The van der Waals surface area contributed by atoms with Gasteiger partial charge in [0.25, 0.3) is 0 Å². The Morgan fingerprint density at radius 3 is 2.61 bits per heavy atom. The normalized spacial score (nSPS) is 13.9. The number of nitrogens with zero attached hydrogens (tertiary/aromatic N) is 2. The van der Waals surface area contributed by atoms with Gasteiger partial charge in [-0.3, -0.25) is 9.78 Å². The average molecular weight is 511 g/mol. The van der Waals surface area contributed by atoms with Crippen LogP contribution in [0.25, 0.3) is 0 Å². The molecule has 0 atom stereocenters. The van der Waals surface area contributed by atoms with Gasteiger partial charge >= 0.3 is 0 Å². The lowest BCUT2D eigenvalue weighted by Crippen LogP contribution is -2.44. The molecule has 0 spiro atoms. The molecule has 0 bridgehead atoms. The number of aromatic nitrogens is 1. The third-order valence-electron chi connectivity index (χ3n) is 5.21. The summed E-state index contributed by atoms with van der Waals surface area (Å²) in [5, 5.41) is 6.61. The predicted molar refractivity (Wildman–Crippen MR) is 145 cm³/mol. The van der Waals surface area contributed by atoms with Crippen molar-refractivity contribution < 1.29 is 19.0 Å². The Kier molecular flexibility index (Phi) is 9.44. The first-order valence-electron chi connectivity index (χ1n) is 11.7. The number of thiocarbonyl (C=S) groups is 1. The van der Waals surface area contributed by atoms with E-state index in [0.29, 0.717) is 54.2 Å². The van der Waals surface area contributed by atoms with Crippen molar-refractivity contribution in [2.24, 2.45) is 0 Å². The number of hydrogen-bond acceptors (Lipinski definition) is 8. The van der Waals surface area contributed by atoms with Crippen molar-refractivity contribution in [1.29, 1.82) is 0 Å². The number of nitrogens with one attached hydrogen (secondary N) is 2. The molecule has 36 heavy (non-hydrogen) atoms. The predicted octanol–water partition coefficient (Wildman–Crippen LogP) is 4.06. The Morgan fingerprint density at radius 2 is 1.92 bits per heavy atom. The van der Waals surface area contributed by atoms with Crippen LogP contribution >= 0.6 is 12.2 Å². The summed E-state index contributed by atoms with van der Waals surface area (Å²) in [7, 11) is 1.62. The summed E-state index contributed by atoms with van der Waals surface area (Å²) in [5.74, 6) is 0.958. The van der Waals surface area contributed by atoms with E-state index in [-0.39, 0.29) is 12.3 Å². The van der Waals surface area contributed by atoms with E-state index in [0.717, 1.165) is 11.3 Å². The molecule has 0 amide bonds. The van der Waals surface area contributed by atoms with Gasteiger partial charge in [0.2, 0.25) is 0 Å². The smallest absolute Gasteiger partial charge is 0.186 e. The highest BCUT2D eigenvalue weighted by atomic mass is 32.1. The highest BCUT2D eigenvalue weighted by molar-refractivity contribution is 7.81. The number of rotatable bonds is 11. The first-order valence-corrected chi connectivity index (χ1v) is 12.1. The number of carbonyl (C=O) groups is 1. The molecule has 2 aromatic rings. The minimum absolute atomic E-state index is 0.118. The van der Waals surface area contributed by atoms with Crippen LogP contribution in [0.15, 0.2) is 72.5 Å². The summed E-state index contributed by atoms with van der Waals surface area (Å²) >= 11 is 5.68. The molecular weight excluding hydrogens is 476 g/mol. The van der Waals surface area contributed by atoms with E-state index in [2.05, 4.69) is 22.2 Å². The average Bonchev–Trinajstić information content (AvgIpc) is 2.82. The lowest BCUT2D eigenvalue weighted by Gasteiger charge is -2.35. The zero-order valence-electron chi connectivity index (χ0n) is 21.3. The van der Waals surface area contributed by atoms with E-state index in [1.807, 2.05) is 62.1 Å². The largest absolute Gasteiger partial charge is 0.489 e. The minimum Gasteiger partial charge on any atom is -0.489 e. The molecule has 1 aromatic carbocycles. The second-order valence-corrected chi connectivity index (χ2v) is 9.65. The van der Waals surface area contributed by atoms with Crippen molar-refractivity contribution in [3.8, 4) is 5.75 Å². The monoisotopic (exact) mass is 510 g/mol. The van der Waals surface area contributed by atoms with Gasteiger partial charge in [0.1, 0.15) is 22.9 Å². The molecule has 2 heterocycles. The third-order valence-corrected chi connectivity index (χ3v) is 5.51. The molecule has 1 aromatic heterocycles. The van der Waals surface area contributed by atoms with Gasteiger partial charge in [-0.15, -0.1) is 0 Å². The van der Waals surface area contributed by atoms with Gasteiger partial charge in [-0.1, -0.05) is 30.4 Å². The van der Waals surface area contributed by atoms with E-state index < -0.39 is 5.60 Å². The van der Waals surface area contributed by atoms with Gasteiger partial charge in [0.05, 0.1) is 31.5 Å². The van der Waals surface area contributed by atoms with Crippen molar-refractivity contribution in [2.45, 2.75) is 32.9 Å².